The van der Waals surface area contributed by atoms with Gasteiger partial charge in [-0.2, -0.15) is 0 Å². The third-order valence-electron chi connectivity index (χ3n) is 6.55. The standard InChI is InChI=1S/C28H32N2O7/c1-17-6-9-21(37-17)16-29-28(32)22-12-13-25(31)30(26(22)18-7-10-20(33-2)11-8-18)19-14-23(34-3)27(36-5)24(15-19)35-4/h6-11,14-15,22,26H,12-13,16H2,1-5H3,(H,29,32)/t22-,26+/m0/s1. The van der Waals surface area contributed by atoms with Gasteiger partial charge in [-0.05, 0) is 43.2 Å². The topological polar surface area (TPSA) is 99.5 Å². The monoisotopic (exact) mass is 508 g/mol. The van der Waals surface area contributed by atoms with Crippen molar-refractivity contribution in [1.82, 2.24) is 5.32 Å². The summed E-state index contributed by atoms with van der Waals surface area (Å²) in [6.07, 6.45) is 0.612. The van der Waals surface area contributed by atoms with Crippen LogP contribution in [0.2, 0.25) is 0 Å². The predicted molar refractivity (Wildman–Crippen MR) is 137 cm³/mol. The lowest BCUT2D eigenvalue weighted by Gasteiger charge is -2.41. The average molecular weight is 509 g/mol. The van der Waals surface area contributed by atoms with Crippen LogP contribution < -0.4 is 29.2 Å². The lowest BCUT2D eigenvalue weighted by atomic mass is 9.83. The molecule has 1 aromatic heterocycles. The maximum atomic E-state index is 13.5. The number of hydrogen-bond acceptors (Lipinski definition) is 7. The number of rotatable bonds is 9. The highest BCUT2D eigenvalue weighted by molar-refractivity contribution is 5.98. The van der Waals surface area contributed by atoms with Crippen molar-refractivity contribution in [2.75, 3.05) is 33.3 Å². The number of methoxy groups -OCH3 is 4. The Labute approximate surface area is 216 Å². The van der Waals surface area contributed by atoms with Gasteiger partial charge in [0.05, 0.1) is 52.6 Å². The number of carbonyl (C=O) groups excluding carboxylic acids is 2. The van der Waals surface area contributed by atoms with Crippen molar-refractivity contribution >= 4 is 17.5 Å². The first-order valence-corrected chi connectivity index (χ1v) is 12.0. The number of anilines is 1. The summed E-state index contributed by atoms with van der Waals surface area (Å²) in [5.41, 5.74) is 1.34. The van der Waals surface area contributed by atoms with Crippen LogP contribution in [-0.4, -0.2) is 40.3 Å². The highest BCUT2D eigenvalue weighted by atomic mass is 16.5. The summed E-state index contributed by atoms with van der Waals surface area (Å²) in [4.78, 5) is 28.6. The molecule has 0 saturated carbocycles. The summed E-state index contributed by atoms with van der Waals surface area (Å²) >= 11 is 0. The molecule has 2 amide bonds. The third-order valence-corrected chi connectivity index (χ3v) is 6.55. The summed E-state index contributed by atoms with van der Waals surface area (Å²) in [5.74, 6) is 2.58. The van der Waals surface area contributed by atoms with Gasteiger partial charge < -0.3 is 33.6 Å². The first-order valence-electron chi connectivity index (χ1n) is 12.0. The van der Waals surface area contributed by atoms with E-state index < -0.39 is 12.0 Å². The van der Waals surface area contributed by atoms with Crippen LogP contribution in [0.1, 0.15) is 36.0 Å². The van der Waals surface area contributed by atoms with Crippen molar-refractivity contribution in [3.8, 4) is 23.0 Å². The normalized spacial score (nSPS) is 17.3. The highest BCUT2D eigenvalue weighted by Crippen LogP contribution is 2.46. The van der Waals surface area contributed by atoms with Gasteiger partial charge >= 0.3 is 0 Å². The van der Waals surface area contributed by atoms with E-state index in [1.165, 1.54) is 21.3 Å². The molecule has 0 spiro atoms. The third kappa shape index (κ3) is 5.35. The Morgan fingerprint density at radius 3 is 2.19 bits per heavy atom. The van der Waals surface area contributed by atoms with E-state index in [9.17, 15) is 9.59 Å². The number of aryl methyl sites for hydroxylation is 1. The molecule has 3 aromatic rings. The molecule has 1 saturated heterocycles. The van der Waals surface area contributed by atoms with Crippen LogP contribution in [0.3, 0.4) is 0 Å². The molecule has 196 valence electrons. The highest BCUT2D eigenvalue weighted by Gasteiger charge is 2.42. The number of benzene rings is 2. The number of nitrogens with zero attached hydrogens (tertiary/aromatic N) is 1. The first-order chi connectivity index (χ1) is 17.9. The van der Waals surface area contributed by atoms with Crippen molar-refractivity contribution in [1.29, 1.82) is 0 Å². The quantitative estimate of drug-likeness (QED) is 0.457. The summed E-state index contributed by atoms with van der Waals surface area (Å²) in [5, 5.41) is 2.99. The van der Waals surface area contributed by atoms with Crippen LogP contribution in [0, 0.1) is 12.8 Å². The fourth-order valence-electron chi connectivity index (χ4n) is 4.75. The molecular formula is C28H32N2O7. The van der Waals surface area contributed by atoms with Crippen LogP contribution in [-0.2, 0) is 16.1 Å². The molecule has 9 heteroatoms. The second kappa shape index (κ2) is 11.3. The Kier molecular flexibility index (Phi) is 7.91. The SMILES string of the molecule is COc1ccc([C@@H]2[C@@H](C(=O)NCc3ccc(C)o3)CCC(=O)N2c2cc(OC)c(OC)c(OC)c2)cc1. The van der Waals surface area contributed by atoms with Gasteiger partial charge in [-0.1, -0.05) is 12.1 Å². The van der Waals surface area contributed by atoms with Crippen molar-refractivity contribution in [2.45, 2.75) is 32.4 Å². The minimum absolute atomic E-state index is 0.110. The van der Waals surface area contributed by atoms with Crippen molar-refractivity contribution < 1.29 is 33.0 Å². The zero-order chi connectivity index (χ0) is 26.5. The second-order valence-corrected chi connectivity index (χ2v) is 8.74. The van der Waals surface area contributed by atoms with Gasteiger partial charge in [0.1, 0.15) is 17.3 Å². The molecule has 4 rings (SSSR count). The van der Waals surface area contributed by atoms with Gasteiger partial charge in [-0.25, -0.2) is 0 Å². The molecule has 2 atom stereocenters. The van der Waals surface area contributed by atoms with Crippen molar-refractivity contribution in [2.24, 2.45) is 5.92 Å². The van der Waals surface area contributed by atoms with Crippen molar-refractivity contribution in [3.05, 3.63) is 65.6 Å². The fraction of sp³-hybridized carbons (Fsp3) is 0.357. The van der Waals surface area contributed by atoms with E-state index in [-0.39, 0.29) is 24.8 Å². The molecule has 2 aromatic carbocycles. The van der Waals surface area contributed by atoms with E-state index in [1.54, 1.807) is 24.1 Å². The van der Waals surface area contributed by atoms with Crippen LogP contribution in [0.15, 0.2) is 52.9 Å². The average Bonchev–Trinajstić information content (AvgIpc) is 3.35. The van der Waals surface area contributed by atoms with Crippen molar-refractivity contribution in [3.63, 3.8) is 0 Å². The Morgan fingerprint density at radius 2 is 1.65 bits per heavy atom. The molecule has 1 fully saturated rings. The molecule has 0 radical (unpaired) electrons. The summed E-state index contributed by atoms with van der Waals surface area (Å²) in [7, 11) is 6.15. The van der Waals surface area contributed by atoms with Crippen LogP contribution >= 0.6 is 0 Å². The number of hydrogen-bond donors (Lipinski definition) is 1. The Balaban J connectivity index is 1.76. The van der Waals surface area contributed by atoms with Gasteiger partial charge in [0.25, 0.3) is 0 Å². The molecular weight excluding hydrogens is 476 g/mol. The molecule has 2 heterocycles. The number of ether oxygens (including phenoxy) is 4. The maximum Gasteiger partial charge on any atom is 0.227 e. The predicted octanol–water partition coefficient (Wildman–Crippen LogP) is 4.42. The zero-order valence-corrected chi connectivity index (χ0v) is 21.7. The van der Waals surface area contributed by atoms with E-state index in [0.717, 1.165) is 11.3 Å². The summed E-state index contributed by atoms with van der Waals surface area (Å²) < 4.78 is 27.4. The first kappa shape index (κ1) is 25.9. The molecule has 1 N–H and O–H groups in total. The second-order valence-electron chi connectivity index (χ2n) is 8.74. The minimum Gasteiger partial charge on any atom is -0.497 e. The molecule has 0 bridgehead atoms. The van der Waals surface area contributed by atoms with Crippen LogP contribution in [0.25, 0.3) is 0 Å². The van der Waals surface area contributed by atoms with Gasteiger partial charge in [-0.3, -0.25) is 9.59 Å². The Hall–Kier alpha value is -4.14. The number of amides is 2. The molecule has 37 heavy (non-hydrogen) atoms. The summed E-state index contributed by atoms with van der Waals surface area (Å²) in [6.45, 7) is 2.11. The maximum absolute atomic E-state index is 13.5. The van der Waals surface area contributed by atoms with Crippen LogP contribution in [0.4, 0.5) is 5.69 Å². The van der Waals surface area contributed by atoms with E-state index in [4.69, 9.17) is 23.4 Å². The molecule has 1 aliphatic heterocycles. The van der Waals surface area contributed by atoms with Gasteiger partial charge in [0, 0.05) is 18.6 Å². The lowest BCUT2D eigenvalue weighted by molar-refractivity contribution is -0.129. The number of furan rings is 1. The Bertz CT molecular complexity index is 1230. The Morgan fingerprint density at radius 1 is 0.973 bits per heavy atom. The van der Waals surface area contributed by atoms with Gasteiger partial charge in [0.15, 0.2) is 11.5 Å². The van der Waals surface area contributed by atoms with E-state index in [0.29, 0.717) is 40.9 Å². The number of nitrogens with one attached hydrogen (secondary N) is 1. The summed E-state index contributed by atoms with van der Waals surface area (Å²) in [6, 6.07) is 14.0. The van der Waals surface area contributed by atoms with Gasteiger partial charge in [0.2, 0.25) is 17.6 Å². The number of piperidine rings is 1. The van der Waals surface area contributed by atoms with E-state index in [1.807, 2.05) is 43.3 Å². The molecule has 1 aliphatic rings. The number of carbonyl (C=O) groups is 2. The smallest absolute Gasteiger partial charge is 0.227 e. The van der Waals surface area contributed by atoms with E-state index in [2.05, 4.69) is 5.32 Å². The largest absolute Gasteiger partial charge is 0.497 e. The minimum atomic E-state index is -0.576. The zero-order valence-electron chi connectivity index (χ0n) is 21.7. The molecule has 0 aliphatic carbocycles. The molecule has 0 unspecified atom stereocenters. The van der Waals surface area contributed by atoms with Crippen LogP contribution in [0.5, 0.6) is 23.0 Å². The van der Waals surface area contributed by atoms with Gasteiger partial charge in [-0.15, -0.1) is 0 Å². The lowest BCUT2D eigenvalue weighted by Crippen LogP contribution is -2.48. The van der Waals surface area contributed by atoms with E-state index >= 15 is 0 Å². The fourth-order valence-corrected chi connectivity index (χ4v) is 4.75. The molecule has 9 nitrogen and oxygen atoms in total.